The molecule has 0 heterocycles. The van der Waals surface area contributed by atoms with Gasteiger partial charge in [-0.15, -0.1) is 0 Å². The summed E-state index contributed by atoms with van der Waals surface area (Å²) in [5, 5.41) is 0. The quantitative estimate of drug-likeness (QED) is 0.475. The van der Waals surface area contributed by atoms with Crippen molar-refractivity contribution < 1.29 is 54.2 Å². The van der Waals surface area contributed by atoms with Gasteiger partial charge in [-0.2, -0.15) is 0 Å². The smallest absolute Gasteiger partial charge is 2.00 e. The SMILES string of the molecule is [Fe].[O-2].[O-2].[Si].[Zr+4]. The molecule has 2 nitrogen and oxygen atoms in total. The molecule has 0 amide bonds. The second-order valence-electron chi connectivity index (χ2n) is 0. The first-order chi connectivity index (χ1) is 0. The summed E-state index contributed by atoms with van der Waals surface area (Å²) in [5.41, 5.74) is 0. The van der Waals surface area contributed by atoms with Crippen molar-refractivity contribution in [3.63, 3.8) is 0 Å². The summed E-state index contributed by atoms with van der Waals surface area (Å²) in [7, 11) is 0. The molecule has 0 aliphatic rings. The third-order valence-electron chi connectivity index (χ3n) is 0. The summed E-state index contributed by atoms with van der Waals surface area (Å²) in [6.45, 7) is 0. The van der Waals surface area contributed by atoms with Crippen molar-refractivity contribution in [2.45, 2.75) is 0 Å². The maximum atomic E-state index is 0. The van der Waals surface area contributed by atoms with Crippen LogP contribution in [0.2, 0.25) is 0 Å². The van der Waals surface area contributed by atoms with Gasteiger partial charge in [-0.25, -0.2) is 0 Å². The van der Waals surface area contributed by atoms with Gasteiger partial charge < -0.3 is 11.0 Å². The minimum atomic E-state index is 0. The van der Waals surface area contributed by atoms with E-state index in [4.69, 9.17) is 0 Å². The van der Waals surface area contributed by atoms with E-state index < -0.39 is 0 Å². The minimum absolute atomic E-state index is 0. The second-order valence-corrected chi connectivity index (χ2v) is 0. The van der Waals surface area contributed by atoms with E-state index in [0.29, 0.717) is 0 Å². The standard InChI is InChI=1S/Fe.2O.Si.Zr/q;2*-2;;+4. The summed E-state index contributed by atoms with van der Waals surface area (Å²) in [6.07, 6.45) is 0. The van der Waals surface area contributed by atoms with Crippen molar-refractivity contribution in [3.05, 3.63) is 0 Å². The molecule has 0 aliphatic carbocycles. The number of rotatable bonds is 0. The van der Waals surface area contributed by atoms with E-state index in [9.17, 15) is 0 Å². The fourth-order valence-corrected chi connectivity index (χ4v) is 0. The van der Waals surface area contributed by atoms with Crippen molar-refractivity contribution in [1.29, 1.82) is 0 Å². The summed E-state index contributed by atoms with van der Waals surface area (Å²) in [4.78, 5) is 0. The molecule has 0 aromatic heterocycles. The topological polar surface area (TPSA) is 57.0 Å². The van der Waals surface area contributed by atoms with E-state index in [0.717, 1.165) is 0 Å². The van der Waals surface area contributed by atoms with Crippen LogP contribution in [0.15, 0.2) is 0 Å². The van der Waals surface area contributed by atoms with Gasteiger partial charge >= 0.3 is 26.2 Å². The molecule has 5 heteroatoms. The van der Waals surface area contributed by atoms with E-state index in [1.54, 1.807) is 0 Å². The maximum Gasteiger partial charge on any atom is 4.00 e. The van der Waals surface area contributed by atoms with Crippen LogP contribution in [0.25, 0.3) is 0 Å². The maximum absolute atomic E-state index is 0. The van der Waals surface area contributed by atoms with Crippen molar-refractivity contribution in [2.24, 2.45) is 0 Å². The Morgan fingerprint density at radius 1 is 0.800 bits per heavy atom. The average Bonchev–Trinajstić information content (AvgIpc) is 0. The Morgan fingerprint density at radius 3 is 0.800 bits per heavy atom. The molecule has 0 fully saturated rings. The molecular weight excluding hydrogens is 207 g/mol. The number of hydrogen-bond acceptors (Lipinski definition) is 0. The zero-order valence-electron chi connectivity index (χ0n) is 2.17. The average molecular weight is 207 g/mol. The van der Waals surface area contributed by atoms with Crippen molar-refractivity contribution >= 4 is 11.0 Å². The number of hydrogen-bond donors (Lipinski definition) is 0. The fraction of sp³-hybridized carbons (Fsp3) is 0. The Bertz CT molecular complexity index is 9.61. The van der Waals surface area contributed by atoms with E-state index in [-0.39, 0.29) is 65.2 Å². The van der Waals surface area contributed by atoms with Gasteiger partial charge in [0.15, 0.2) is 0 Å². The van der Waals surface area contributed by atoms with Crippen LogP contribution in [0, 0.1) is 0 Å². The van der Waals surface area contributed by atoms with Crippen LogP contribution in [-0.2, 0) is 54.2 Å². The van der Waals surface area contributed by atoms with E-state index >= 15 is 0 Å². The van der Waals surface area contributed by atoms with Crippen LogP contribution >= 0.6 is 0 Å². The van der Waals surface area contributed by atoms with Crippen LogP contribution in [0.3, 0.4) is 0 Å². The first kappa shape index (κ1) is 84.7. The fourth-order valence-electron chi connectivity index (χ4n) is 0. The van der Waals surface area contributed by atoms with Crippen LogP contribution in [0.1, 0.15) is 0 Å². The molecule has 4 radical (unpaired) electrons. The predicted octanol–water partition coefficient (Wildman–Crippen LogP) is -0.623. The Hall–Kier alpha value is 1.54. The molecule has 0 unspecified atom stereocenters. The molecule has 0 rings (SSSR count). The summed E-state index contributed by atoms with van der Waals surface area (Å²) in [5.74, 6) is 0. The molecule has 0 aromatic rings. The van der Waals surface area contributed by atoms with Gasteiger partial charge in [-0.1, -0.05) is 0 Å². The second kappa shape index (κ2) is 48.2. The van der Waals surface area contributed by atoms with Gasteiger partial charge in [0.05, 0.1) is 0 Å². The molecule has 0 bridgehead atoms. The van der Waals surface area contributed by atoms with Gasteiger partial charge in [0.2, 0.25) is 0 Å². The summed E-state index contributed by atoms with van der Waals surface area (Å²) < 4.78 is 0. The molecule has 0 saturated carbocycles. The summed E-state index contributed by atoms with van der Waals surface area (Å²) >= 11 is 0. The Labute approximate surface area is 64.9 Å². The third-order valence-corrected chi connectivity index (χ3v) is 0. The first-order valence-corrected chi connectivity index (χ1v) is 0. The molecular formula is FeO2SiZr. The largest absolute Gasteiger partial charge is 4.00 e. The van der Waals surface area contributed by atoms with Gasteiger partial charge in [0.25, 0.3) is 0 Å². The molecule has 0 N–H and O–H groups in total. The van der Waals surface area contributed by atoms with Gasteiger partial charge in [0.1, 0.15) is 0 Å². The normalized spacial score (nSPS) is 0. The van der Waals surface area contributed by atoms with Crippen LogP contribution < -0.4 is 0 Å². The molecule has 28 valence electrons. The van der Waals surface area contributed by atoms with E-state index in [2.05, 4.69) is 0 Å². The van der Waals surface area contributed by atoms with Crippen molar-refractivity contribution in [1.82, 2.24) is 0 Å². The van der Waals surface area contributed by atoms with Crippen LogP contribution in [-0.4, -0.2) is 11.0 Å². The first-order valence-electron chi connectivity index (χ1n) is 0. The monoisotopic (exact) mass is 206 g/mol. The minimum Gasteiger partial charge on any atom is -2.00 e. The molecule has 0 spiro atoms. The summed E-state index contributed by atoms with van der Waals surface area (Å²) in [6, 6.07) is 0. The molecule has 0 aliphatic heterocycles. The molecule has 5 heavy (non-hydrogen) atoms. The van der Waals surface area contributed by atoms with Crippen LogP contribution in [0.4, 0.5) is 0 Å². The molecule has 0 saturated heterocycles. The third kappa shape index (κ3) is 29.3. The van der Waals surface area contributed by atoms with Gasteiger partial charge in [-0.05, 0) is 0 Å². The zero-order valence-corrected chi connectivity index (χ0v) is 6.73. The van der Waals surface area contributed by atoms with Crippen LogP contribution in [0.5, 0.6) is 0 Å². The zero-order chi connectivity index (χ0) is 0. The van der Waals surface area contributed by atoms with Crippen molar-refractivity contribution in [3.8, 4) is 0 Å². The van der Waals surface area contributed by atoms with E-state index in [1.807, 2.05) is 0 Å². The Morgan fingerprint density at radius 2 is 0.800 bits per heavy atom. The molecule has 0 atom stereocenters. The predicted molar refractivity (Wildman–Crippen MR) is 7.13 cm³/mol. The van der Waals surface area contributed by atoms with Gasteiger partial charge in [0, 0.05) is 28.0 Å². The Kier molecular flexibility index (Phi) is 816. The van der Waals surface area contributed by atoms with Crippen molar-refractivity contribution in [2.75, 3.05) is 0 Å². The Balaban J connectivity index is 0. The van der Waals surface area contributed by atoms with E-state index in [1.165, 1.54) is 0 Å². The van der Waals surface area contributed by atoms with Gasteiger partial charge in [-0.3, -0.25) is 0 Å². The molecule has 0 aromatic carbocycles.